The Morgan fingerprint density at radius 1 is 1.32 bits per heavy atom. The third-order valence-electron chi connectivity index (χ3n) is 2.57. The second kappa shape index (κ2) is 8.07. The van der Waals surface area contributed by atoms with Crippen LogP contribution in [0.3, 0.4) is 0 Å². The molecule has 6 nitrogen and oxygen atoms in total. The van der Waals surface area contributed by atoms with Crippen LogP contribution in [0, 0.1) is 10.1 Å². The van der Waals surface area contributed by atoms with Gasteiger partial charge < -0.3 is 4.74 Å². The SMILES string of the molecule is CCCCCCOC(=O)Nc1ccccc1[N+](=O)[O-]. The number of unbranched alkanes of at least 4 members (excludes halogenated alkanes) is 3. The van der Waals surface area contributed by atoms with Crippen molar-refractivity contribution in [2.75, 3.05) is 11.9 Å². The summed E-state index contributed by atoms with van der Waals surface area (Å²) in [6.07, 6.45) is 3.37. The van der Waals surface area contributed by atoms with E-state index in [1.54, 1.807) is 12.1 Å². The minimum absolute atomic E-state index is 0.144. The highest BCUT2D eigenvalue weighted by Gasteiger charge is 2.14. The van der Waals surface area contributed by atoms with Crippen LogP contribution < -0.4 is 5.32 Å². The summed E-state index contributed by atoms with van der Waals surface area (Å²) in [6.45, 7) is 2.43. The minimum atomic E-state index is -0.661. The molecule has 104 valence electrons. The first-order valence-electron chi connectivity index (χ1n) is 6.32. The number of rotatable bonds is 7. The molecule has 1 aromatic carbocycles. The van der Waals surface area contributed by atoms with Crippen molar-refractivity contribution in [2.45, 2.75) is 32.6 Å². The van der Waals surface area contributed by atoms with Crippen LogP contribution in [0.5, 0.6) is 0 Å². The molecule has 0 aliphatic carbocycles. The molecule has 6 heteroatoms. The van der Waals surface area contributed by atoms with Gasteiger partial charge in [0.05, 0.1) is 11.5 Å². The lowest BCUT2D eigenvalue weighted by molar-refractivity contribution is -0.383. The lowest BCUT2D eigenvalue weighted by Crippen LogP contribution is -2.15. The van der Waals surface area contributed by atoms with Crippen molar-refractivity contribution in [1.82, 2.24) is 0 Å². The third-order valence-corrected chi connectivity index (χ3v) is 2.57. The molecule has 0 saturated carbocycles. The van der Waals surface area contributed by atoms with Crippen molar-refractivity contribution in [3.63, 3.8) is 0 Å². The maximum absolute atomic E-state index is 11.5. The molecule has 1 aromatic rings. The molecule has 1 rings (SSSR count). The fourth-order valence-electron chi connectivity index (χ4n) is 1.58. The summed E-state index contributed by atoms with van der Waals surface area (Å²) in [5.41, 5.74) is -0.00325. The molecule has 0 aromatic heterocycles. The predicted octanol–water partition coefficient (Wildman–Crippen LogP) is 3.72. The number of amides is 1. The number of hydrogen-bond acceptors (Lipinski definition) is 4. The molecule has 1 amide bonds. The van der Waals surface area contributed by atoms with Gasteiger partial charge in [-0.3, -0.25) is 15.4 Å². The van der Waals surface area contributed by atoms with Crippen molar-refractivity contribution < 1.29 is 14.5 Å². The first kappa shape index (κ1) is 14.9. The second-order valence-corrected chi connectivity index (χ2v) is 4.10. The van der Waals surface area contributed by atoms with Crippen LogP contribution in [0.25, 0.3) is 0 Å². The van der Waals surface area contributed by atoms with Gasteiger partial charge in [-0.05, 0) is 12.5 Å². The molecule has 0 radical (unpaired) electrons. The van der Waals surface area contributed by atoms with Gasteiger partial charge in [0.25, 0.3) is 5.69 Å². The average molecular weight is 266 g/mol. The maximum Gasteiger partial charge on any atom is 0.411 e. The van der Waals surface area contributed by atoms with Crippen molar-refractivity contribution in [3.8, 4) is 0 Å². The molecule has 0 atom stereocenters. The van der Waals surface area contributed by atoms with Crippen LogP contribution in [0.1, 0.15) is 32.6 Å². The van der Waals surface area contributed by atoms with Crippen molar-refractivity contribution in [3.05, 3.63) is 34.4 Å². The lowest BCUT2D eigenvalue weighted by Gasteiger charge is -2.07. The van der Waals surface area contributed by atoms with Gasteiger partial charge >= 0.3 is 6.09 Å². The van der Waals surface area contributed by atoms with E-state index in [0.29, 0.717) is 6.61 Å². The molecule has 0 saturated heterocycles. The van der Waals surface area contributed by atoms with E-state index in [9.17, 15) is 14.9 Å². The number of hydrogen-bond donors (Lipinski definition) is 1. The van der Waals surface area contributed by atoms with Crippen LogP contribution in [-0.4, -0.2) is 17.6 Å². The number of carbonyl (C=O) groups is 1. The summed E-state index contributed by atoms with van der Waals surface area (Å²) in [7, 11) is 0. The Morgan fingerprint density at radius 2 is 2.05 bits per heavy atom. The summed E-state index contributed by atoms with van der Waals surface area (Å²) in [5.74, 6) is 0. The van der Waals surface area contributed by atoms with E-state index in [2.05, 4.69) is 12.2 Å². The minimum Gasteiger partial charge on any atom is -0.449 e. The van der Waals surface area contributed by atoms with Gasteiger partial charge in [-0.25, -0.2) is 4.79 Å². The molecule has 19 heavy (non-hydrogen) atoms. The van der Waals surface area contributed by atoms with E-state index in [1.165, 1.54) is 12.1 Å². The number of nitro benzene ring substituents is 1. The van der Waals surface area contributed by atoms with Gasteiger partial charge in [0, 0.05) is 6.07 Å². The number of ether oxygens (including phenoxy) is 1. The largest absolute Gasteiger partial charge is 0.449 e. The molecule has 0 spiro atoms. The number of anilines is 1. The highest BCUT2D eigenvalue weighted by molar-refractivity contribution is 5.87. The fourth-order valence-corrected chi connectivity index (χ4v) is 1.58. The Hall–Kier alpha value is -2.11. The standard InChI is InChI=1S/C13H18N2O4/c1-2-3-4-7-10-19-13(16)14-11-8-5-6-9-12(11)15(17)18/h5-6,8-9H,2-4,7,10H2,1H3,(H,14,16). The van der Waals surface area contributed by atoms with Gasteiger partial charge in [0.1, 0.15) is 5.69 Å². The summed E-state index contributed by atoms with van der Waals surface area (Å²) in [5, 5.41) is 13.1. The number of para-hydroxylation sites is 2. The Kier molecular flexibility index (Phi) is 6.35. The first-order valence-corrected chi connectivity index (χ1v) is 6.32. The lowest BCUT2D eigenvalue weighted by atomic mass is 10.2. The molecule has 0 bridgehead atoms. The Morgan fingerprint density at radius 3 is 2.74 bits per heavy atom. The Balaban J connectivity index is 2.42. The zero-order valence-electron chi connectivity index (χ0n) is 10.9. The molecule has 1 N–H and O–H groups in total. The van der Waals surface area contributed by atoms with Gasteiger partial charge in [-0.2, -0.15) is 0 Å². The van der Waals surface area contributed by atoms with Crippen molar-refractivity contribution >= 4 is 17.5 Å². The van der Waals surface area contributed by atoms with Crippen molar-refractivity contribution in [1.29, 1.82) is 0 Å². The van der Waals surface area contributed by atoms with Crippen LogP contribution in [0.15, 0.2) is 24.3 Å². The highest BCUT2D eigenvalue weighted by Crippen LogP contribution is 2.23. The molecular formula is C13H18N2O4. The predicted molar refractivity (Wildman–Crippen MR) is 72.2 cm³/mol. The molecule has 0 unspecified atom stereocenters. The van der Waals surface area contributed by atoms with E-state index < -0.39 is 11.0 Å². The zero-order chi connectivity index (χ0) is 14.1. The molecular weight excluding hydrogens is 248 g/mol. The monoisotopic (exact) mass is 266 g/mol. The van der Waals surface area contributed by atoms with Crippen molar-refractivity contribution in [2.24, 2.45) is 0 Å². The van der Waals surface area contributed by atoms with Crippen LogP contribution in [0.4, 0.5) is 16.2 Å². The topological polar surface area (TPSA) is 81.5 Å². The summed E-state index contributed by atoms with van der Waals surface area (Å²) >= 11 is 0. The number of carbonyl (C=O) groups excluding carboxylic acids is 1. The molecule has 0 aliphatic heterocycles. The van der Waals surface area contributed by atoms with Gasteiger partial charge in [-0.15, -0.1) is 0 Å². The summed E-state index contributed by atoms with van der Waals surface area (Å²) in [4.78, 5) is 21.7. The van der Waals surface area contributed by atoms with Crippen LogP contribution in [-0.2, 0) is 4.74 Å². The van der Waals surface area contributed by atoms with E-state index >= 15 is 0 Å². The van der Waals surface area contributed by atoms with Gasteiger partial charge in [0.15, 0.2) is 0 Å². The van der Waals surface area contributed by atoms with E-state index in [4.69, 9.17) is 4.74 Å². The van der Waals surface area contributed by atoms with E-state index in [1.807, 2.05) is 0 Å². The fraction of sp³-hybridized carbons (Fsp3) is 0.462. The maximum atomic E-state index is 11.5. The number of nitrogens with zero attached hydrogens (tertiary/aromatic N) is 1. The second-order valence-electron chi connectivity index (χ2n) is 4.10. The number of benzene rings is 1. The van der Waals surface area contributed by atoms with Gasteiger partial charge in [0.2, 0.25) is 0 Å². The summed E-state index contributed by atoms with van der Waals surface area (Å²) < 4.78 is 4.95. The third kappa shape index (κ3) is 5.37. The Bertz CT molecular complexity index is 434. The highest BCUT2D eigenvalue weighted by atomic mass is 16.6. The quantitative estimate of drug-likeness (QED) is 0.463. The normalized spacial score (nSPS) is 9.95. The number of nitro groups is 1. The molecule has 0 aliphatic rings. The first-order chi connectivity index (χ1) is 9.15. The summed E-state index contributed by atoms with van der Waals surface area (Å²) in [6, 6.07) is 5.95. The van der Waals surface area contributed by atoms with Crippen LogP contribution in [0.2, 0.25) is 0 Å². The Labute approximate surface area is 111 Å². The van der Waals surface area contributed by atoms with E-state index in [0.717, 1.165) is 25.7 Å². The average Bonchev–Trinajstić information content (AvgIpc) is 2.39. The van der Waals surface area contributed by atoms with Gasteiger partial charge in [-0.1, -0.05) is 38.3 Å². The van der Waals surface area contributed by atoms with Crippen LogP contribution >= 0.6 is 0 Å². The zero-order valence-corrected chi connectivity index (χ0v) is 10.9. The smallest absolute Gasteiger partial charge is 0.411 e. The number of nitrogens with one attached hydrogen (secondary N) is 1. The van der Waals surface area contributed by atoms with E-state index in [-0.39, 0.29) is 11.4 Å². The molecule has 0 heterocycles. The molecule has 0 fully saturated rings.